The van der Waals surface area contributed by atoms with Gasteiger partial charge in [-0.1, -0.05) is 51.4 Å². The van der Waals surface area contributed by atoms with Crippen molar-refractivity contribution in [1.29, 1.82) is 0 Å². The third-order valence-electron chi connectivity index (χ3n) is 4.78. The number of carbonyl (C=O) groups is 1. The molecule has 0 saturated carbocycles. The maximum atomic E-state index is 12.4. The Hall–Kier alpha value is -1.88. The summed E-state index contributed by atoms with van der Waals surface area (Å²) < 4.78 is 12.2. The van der Waals surface area contributed by atoms with Crippen LogP contribution in [0.3, 0.4) is 0 Å². The molecule has 1 fully saturated rings. The summed E-state index contributed by atoms with van der Waals surface area (Å²) in [5, 5.41) is 3.51. The van der Waals surface area contributed by atoms with E-state index in [9.17, 15) is 4.79 Å². The summed E-state index contributed by atoms with van der Waals surface area (Å²) in [4.78, 5) is 12.4. The third-order valence-corrected chi connectivity index (χ3v) is 5.03. The smallest absolute Gasteiger partial charge is 0.255 e. The van der Waals surface area contributed by atoms with Crippen molar-refractivity contribution in [2.45, 2.75) is 40.1 Å². The quantitative estimate of drug-likeness (QED) is 0.733. The van der Waals surface area contributed by atoms with E-state index in [1.165, 1.54) is 0 Å². The largest absolute Gasteiger partial charge is 0.348 e. The first-order valence-corrected chi connectivity index (χ1v) is 9.58. The van der Waals surface area contributed by atoms with Crippen LogP contribution in [0.1, 0.15) is 49.9 Å². The standard InChI is InChI=1S/C22H26ClNO3/c1-14(2)19-22(3,4)13-26-21(27-19)16-6-5-7-18(12-16)24-20(25)15-8-10-17(23)11-9-15/h5-12,14,19,21H,13H2,1-4H3,(H,24,25)/t19-,21-/m0/s1. The second-order valence-corrected chi connectivity index (χ2v) is 8.46. The van der Waals surface area contributed by atoms with Gasteiger partial charge < -0.3 is 14.8 Å². The number of hydrogen-bond acceptors (Lipinski definition) is 3. The fraction of sp³-hybridized carbons (Fsp3) is 0.409. The van der Waals surface area contributed by atoms with Gasteiger partial charge in [-0.15, -0.1) is 0 Å². The normalized spacial score (nSPS) is 21.9. The molecule has 5 heteroatoms. The van der Waals surface area contributed by atoms with E-state index < -0.39 is 6.29 Å². The molecular formula is C22H26ClNO3. The van der Waals surface area contributed by atoms with Gasteiger partial charge >= 0.3 is 0 Å². The van der Waals surface area contributed by atoms with E-state index in [-0.39, 0.29) is 17.4 Å². The molecule has 144 valence electrons. The Kier molecular flexibility index (Phi) is 5.89. The first-order valence-electron chi connectivity index (χ1n) is 9.20. The van der Waals surface area contributed by atoms with Crippen LogP contribution < -0.4 is 5.32 Å². The molecule has 0 unspecified atom stereocenters. The minimum atomic E-state index is -0.433. The van der Waals surface area contributed by atoms with Crippen molar-refractivity contribution < 1.29 is 14.3 Å². The monoisotopic (exact) mass is 387 g/mol. The second-order valence-electron chi connectivity index (χ2n) is 8.02. The predicted octanol–water partition coefficient (Wildman–Crippen LogP) is 5.69. The van der Waals surface area contributed by atoms with Gasteiger partial charge in [0.1, 0.15) is 0 Å². The van der Waals surface area contributed by atoms with Gasteiger partial charge in [0.05, 0.1) is 12.7 Å². The Morgan fingerprint density at radius 3 is 2.56 bits per heavy atom. The van der Waals surface area contributed by atoms with Crippen LogP contribution in [-0.2, 0) is 9.47 Å². The number of carbonyl (C=O) groups excluding carboxylic acids is 1. The molecule has 1 saturated heterocycles. The molecule has 2 aromatic carbocycles. The fourth-order valence-electron chi connectivity index (χ4n) is 3.53. The zero-order valence-electron chi connectivity index (χ0n) is 16.2. The van der Waals surface area contributed by atoms with Crippen molar-refractivity contribution in [2.75, 3.05) is 11.9 Å². The highest BCUT2D eigenvalue weighted by Crippen LogP contribution is 2.39. The zero-order valence-corrected chi connectivity index (χ0v) is 16.9. The van der Waals surface area contributed by atoms with Gasteiger partial charge in [0, 0.05) is 27.3 Å². The summed E-state index contributed by atoms with van der Waals surface area (Å²) in [6.07, 6.45) is -0.332. The first kappa shape index (κ1) is 19.9. The van der Waals surface area contributed by atoms with Crippen LogP contribution in [-0.4, -0.2) is 18.6 Å². The Morgan fingerprint density at radius 2 is 1.89 bits per heavy atom. The van der Waals surface area contributed by atoms with Crippen molar-refractivity contribution in [2.24, 2.45) is 11.3 Å². The molecule has 0 spiro atoms. The van der Waals surface area contributed by atoms with Gasteiger partial charge in [0.25, 0.3) is 5.91 Å². The molecule has 1 aliphatic heterocycles. The molecule has 2 aromatic rings. The Bertz CT molecular complexity index is 801. The number of rotatable bonds is 4. The first-order chi connectivity index (χ1) is 12.8. The van der Waals surface area contributed by atoms with Crippen LogP contribution in [0.2, 0.25) is 5.02 Å². The molecule has 1 amide bonds. The number of anilines is 1. The van der Waals surface area contributed by atoms with Gasteiger partial charge in [-0.2, -0.15) is 0 Å². The molecule has 4 nitrogen and oxygen atoms in total. The lowest BCUT2D eigenvalue weighted by Crippen LogP contribution is -2.45. The number of ether oxygens (including phenoxy) is 2. The third kappa shape index (κ3) is 4.70. The number of halogens is 1. The highest BCUT2D eigenvalue weighted by Gasteiger charge is 2.40. The van der Waals surface area contributed by atoms with Crippen LogP contribution in [0.15, 0.2) is 48.5 Å². The van der Waals surface area contributed by atoms with Gasteiger partial charge in [-0.05, 0) is 42.3 Å². The summed E-state index contributed by atoms with van der Waals surface area (Å²) in [7, 11) is 0. The van der Waals surface area contributed by atoms with Crippen LogP contribution >= 0.6 is 11.6 Å². The van der Waals surface area contributed by atoms with Crippen molar-refractivity contribution >= 4 is 23.2 Å². The molecule has 2 atom stereocenters. The van der Waals surface area contributed by atoms with Gasteiger partial charge in [-0.3, -0.25) is 4.79 Å². The van der Waals surface area contributed by atoms with E-state index in [1.54, 1.807) is 24.3 Å². The summed E-state index contributed by atoms with van der Waals surface area (Å²) in [5.74, 6) is 0.203. The van der Waals surface area contributed by atoms with Gasteiger partial charge in [0.15, 0.2) is 6.29 Å². The summed E-state index contributed by atoms with van der Waals surface area (Å²) >= 11 is 5.88. The van der Waals surface area contributed by atoms with Crippen molar-refractivity contribution in [3.8, 4) is 0 Å². The number of hydrogen-bond donors (Lipinski definition) is 1. The van der Waals surface area contributed by atoms with Crippen molar-refractivity contribution in [1.82, 2.24) is 0 Å². The maximum Gasteiger partial charge on any atom is 0.255 e. The van der Waals surface area contributed by atoms with Crippen molar-refractivity contribution in [3.05, 3.63) is 64.7 Å². The average molecular weight is 388 g/mol. The van der Waals surface area contributed by atoms with E-state index in [2.05, 4.69) is 33.0 Å². The number of benzene rings is 2. The molecular weight excluding hydrogens is 362 g/mol. The minimum Gasteiger partial charge on any atom is -0.348 e. The van der Waals surface area contributed by atoms with Crippen LogP contribution in [0, 0.1) is 11.3 Å². The van der Waals surface area contributed by atoms with E-state index in [0.717, 1.165) is 5.56 Å². The van der Waals surface area contributed by atoms with Crippen LogP contribution in [0.5, 0.6) is 0 Å². The zero-order chi connectivity index (χ0) is 19.6. The lowest BCUT2D eigenvalue weighted by molar-refractivity contribution is -0.274. The molecule has 1 heterocycles. The maximum absolute atomic E-state index is 12.4. The molecule has 1 aliphatic rings. The molecule has 0 aromatic heterocycles. The lowest BCUT2D eigenvalue weighted by Gasteiger charge is -2.44. The van der Waals surface area contributed by atoms with Crippen molar-refractivity contribution in [3.63, 3.8) is 0 Å². The SMILES string of the molecule is CC(C)[C@@H]1O[C@@H](c2cccc(NC(=O)c3ccc(Cl)cc3)c2)OCC1(C)C. The number of amides is 1. The molecule has 0 aliphatic carbocycles. The summed E-state index contributed by atoms with van der Waals surface area (Å²) in [6, 6.07) is 14.4. The van der Waals surface area contributed by atoms with Crippen LogP contribution in [0.4, 0.5) is 5.69 Å². The average Bonchev–Trinajstić information content (AvgIpc) is 2.62. The minimum absolute atomic E-state index is 0.0366. The fourth-order valence-corrected chi connectivity index (χ4v) is 3.66. The summed E-state index contributed by atoms with van der Waals surface area (Å²) in [5.41, 5.74) is 2.11. The Balaban J connectivity index is 1.74. The van der Waals surface area contributed by atoms with Gasteiger partial charge in [-0.25, -0.2) is 0 Å². The van der Waals surface area contributed by atoms with E-state index in [0.29, 0.717) is 28.8 Å². The predicted molar refractivity (Wildman–Crippen MR) is 108 cm³/mol. The van der Waals surface area contributed by atoms with Crippen LogP contribution in [0.25, 0.3) is 0 Å². The molecule has 1 N–H and O–H groups in total. The second kappa shape index (κ2) is 8.01. The summed E-state index contributed by atoms with van der Waals surface area (Å²) in [6.45, 7) is 9.28. The van der Waals surface area contributed by atoms with Gasteiger partial charge in [0.2, 0.25) is 0 Å². The topological polar surface area (TPSA) is 47.6 Å². The Labute approximate surface area is 165 Å². The Morgan fingerprint density at radius 1 is 1.19 bits per heavy atom. The molecule has 0 radical (unpaired) electrons. The molecule has 0 bridgehead atoms. The highest BCUT2D eigenvalue weighted by atomic mass is 35.5. The molecule has 27 heavy (non-hydrogen) atoms. The van der Waals surface area contributed by atoms with E-state index in [1.807, 2.05) is 24.3 Å². The lowest BCUT2D eigenvalue weighted by atomic mass is 9.80. The number of nitrogens with one attached hydrogen (secondary N) is 1. The highest BCUT2D eigenvalue weighted by molar-refractivity contribution is 6.30. The van der Waals surface area contributed by atoms with E-state index >= 15 is 0 Å². The van der Waals surface area contributed by atoms with E-state index in [4.69, 9.17) is 21.1 Å². The molecule has 3 rings (SSSR count).